The van der Waals surface area contributed by atoms with Gasteiger partial charge in [-0.05, 0) is 59.2 Å². The third kappa shape index (κ3) is 4.43. The maximum atomic E-state index is 3.46. The highest BCUT2D eigenvalue weighted by molar-refractivity contribution is 4.85. The molecule has 0 aromatic rings. The van der Waals surface area contributed by atoms with Crippen LogP contribution in [0.3, 0.4) is 0 Å². The van der Waals surface area contributed by atoms with Gasteiger partial charge in [-0.2, -0.15) is 0 Å². The van der Waals surface area contributed by atoms with Gasteiger partial charge in [0.25, 0.3) is 0 Å². The van der Waals surface area contributed by atoms with Gasteiger partial charge in [-0.1, -0.05) is 6.92 Å². The van der Waals surface area contributed by atoms with Crippen LogP contribution in [-0.2, 0) is 0 Å². The summed E-state index contributed by atoms with van der Waals surface area (Å²) in [5.41, 5.74) is 0. The van der Waals surface area contributed by atoms with Gasteiger partial charge in [0.05, 0.1) is 0 Å². The summed E-state index contributed by atoms with van der Waals surface area (Å²) in [4.78, 5) is 2.56. The van der Waals surface area contributed by atoms with Crippen LogP contribution in [0.15, 0.2) is 0 Å². The maximum absolute atomic E-state index is 3.46. The molecule has 0 radical (unpaired) electrons. The standard InChI is InChI=1S/C12H26N2/c1-4-9-13-10-5-6-11(2)14(3)12-7-8-12/h11-13H,4-10H2,1-3H3. The fraction of sp³-hybridized carbons (Fsp3) is 1.00. The van der Waals surface area contributed by atoms with E-state index < -0.39 is 0 Å². The van der Waals surface area contributed by atoms with E-state index in [1.807, 2.05) is 0 Å². The van der Waals surface area contributed by atoms with E-state index in [1.165, 1.54) is 45.2 Å². The SMILES string of the molecule is CCCNCCCC(C)N(C)C1CC1. The number of nitrogens with zero attached hydrogens (tertiary/aromatic N) is 1. The highest BCUT2D eigenvalue weighted by Crippen LogP contribution is 2.27. The Morgan fingerprint density at radius 1 is 1.36 bits per heavy atom. The zero-order chi connectivity index (χ0) is 10.4. The Kier molecular flexibility index (Phi) is 5.49. The Hall–Kier alpha value is -0.0800. The molecular formula is C12H26N2. The average molecular weight is 198 g/mol. The minimum Gasteiger partial charge on any atom is -0.317 e. The van der Waals surface area contributed by atoms with E-state index in [2.05, 4.69) is 31.1 Å². The van der Waals surface area contributed by atoms with Gasteiger partial charge in [-0.15, -0.1) is 0 Å². The minimum absolute atomic E-state index is 0.769. The van der Waals surface area contributed by atoms with E-state index in [4.69, 9.17) is 0 Å². The fourth-order valence-corrected chi connectivity index (χ4v) is 1.87. The molecule has 0 spiro atoms. The number of hydrogen-bond donors (Lipinski definition) is 1. The Labute approximate surface area is 89.1 Å². The smallest absolute Gasteiger partial charge is 0.00961 e. The molecule has 1 N–H and O–H groups in total. The van der Waals surface area contributed by atoms with Gasteiger partial charge >= 0.3 is 0 Å². The van der Waals surface area contributed by atoms with Crippen LogP contribution < -0.4 is 5.32 Å². The minimum atomic E-state index is 0.769. The van der Waals surface area contributed by atoms with E-state index in [9.17, 15) is 0 Å². The van der Waals surface area contributed by atoms with Crippen LogP contribution in [0.2, 0.25) is 0 Å². The van der Waals surface area contributed by atoms with Crippen LogP contribution >= 0.6 is 0 Å². The molecule has 0 heterocycles. The van der Waals surface area contributed by atoms with E-state index in [0.717, 1.165) is 12.1 Å². The van der Waals surface area contributed by atoms with Gasteiger partial charge in [0.1, 0.15) is 0 Å². The zero-order valence-corrected chi connectivity index (χ0v) is 10.1. The summed E-state index contributed by atoms with van der Waals surface area (Å²) in [6.45, 7) is 6.94. The molecule has 1 atom stereocenters. The highest BCUT2D eigenvalue weighted by Gasteiger charge is 2.28. The fourth-order valence-electron chi connectivity index (χ4n) is 1.87. The molecule has 1 fully saturated rings. The number of hydrogen-bond acceptors (Lipinski definition) is 2. The predicted octanol–water partition coefficient (Wildman–Crippen LogP) is 2.25. The van der Waals surface area contributed by atoms with Crippen molar-refractivity contribution in [1.29, 1.82) is 0 Å². The molecule has 1 unspecified atom stereocenters. The predicted molar refractivity (Wildman–Crippen MR) is 62.6 cm³/mol. The van der Waals surface area contributed by atoms with Crippen molar-refractivity contribution in [3.63, 3.8) is 0 Å². The summed E-state index contributed by atoms with van der Waals surface area (Å²) in [5, 5.41) is 3.46. The molecule has 0 aliphatic heterocycles. The van der Waals surface area contributed by atoms with Crippen molar-refractivity contribution < 1.29 is 0 Å². The first-order chi connectivity index (χ1) is 6.75. The molecule has 1 rings (SSSR count). The quantitative estimate of drug-likeness (QED) is 0.602. The zero-order valence-electron chi connectivity index (χ0n) is 10.1. The lowest BCUT2D eigenvalue weighted by atomic mass is 10.1. The van der Waals surface area contributed by atoms with Crippen molar-refractivity contribution in [2.24, 2.45) is 0 Å². The molecule has 2 nitrogen and oxygen atoms in total. The van der Waals surface area contributed by atoms with Gasteiger partial charge in [-0.25, -0.2) is 0 Å². The molecule has 2 heteroatoms. The largest absolute Gasteiger partial charge is 0.317 e. The monoisotopic (exact) mass is 198 g/mol. The van der Waals surface area contributed by atoms with Crippen molar-refractivity contribution in [2.75, 3.05) is 20.1 Å². The molecule has 1 saturated carbocycles. The van der Waals surface area contributed by atoms with Crippen LogP contribution in [0.5, 0.6) is 0 Å². The molecule has 0 saturated heterocycles. The molecule has 14 heavy (non-hydrogen) atoms. The first-order valence-electron chi connectivity index (χ1n) is 6.18. The molecule has 0 amide bonds. The Bertz CT molecular complexity index is 143. The van der Waals surface area contributed by atoms with Crippen molar-refractivity contribution in [3.05, 3.63) is 0 Å². The van der Waals surface area contributed by atoms with Crippen LogP contribution in [0.4, 0.5) is 0 Å². The topological polar surface area (TPSA) is 15.3 Å². The molecule has 0 bridgehead atoms. The molecular weight excluding hydrogens is 172 g/mol. The molecule has 0 aromatic carbocycles. The molecule has 84 valence electrons. The Morgan fingerprint density at radius 2 is 2.07 bits per heavy atom. The maximum Gasteiger partial charge on any atom is 0.00961 e. The van der Waals surface area contributed by atoms with Gasteiger partial charge < -0.3 is 10.2 Å². The Morgan fingerprint density at radius 3 is 2.64 bits per heavy atom. The summed E-state index contributed by atoms with van der Waals surface area (Å²) in [5.74, 6) is 0. The van der Waals surface area contributed by atoms with Gasteiger partial charge in [0.15, 0.2) is 0 Å². The van der Waals surface area contributed by atoms with Gasteiger partial charge in [0, 0.05) is 12.1 Å². The molecule has 0 aromatic heterocycles. The summed E-state index contributed by atoms with van der Waals surface area (Å²) >= 11 is 0. The van der Waals surface area contributed by atoms with Crippen LogP contribution in [0.1, 0.15) is 46.0 Å². The third-order valence-electron chi connectivity index (χ3n) is 3.22. The lowest BCUT2D eigenvalue weighted by Gasteiger charge is -2.24. The van der Waals surface area contributed by atoms with Crippen LogP contribution in [-0.4, -0.2) is 37.1 Å². The van der Waals surface area contributed by atoms with Crippen molar-refractivity contribution in [1.82, 2.24) is 10.2 Å². The van der Waals surface area contributed by atoms with Crippen molar-refractivity contribution in [3.8, 4) is 0 Å². The normalized spacial score (nSPS) is 18.9. The second-order valence-corrected chi connectivity index (χ2v) is 4.64. The molecule has 1 aliphatic carbocycles. The van der Waals surface area contributed by atoms with E-state index in [1.54, 1.807) is 0 Å². The van der Waals surface area contributed by atoms with Crippen LogP contribution in [0, 0.1) is 0 Å². The lowest BCUT2D eigenvalue weighted by Crippen LogP contribution is -2.31. The summed E-state index contributed by atoms with van der Waals surface area (Å²) in [7, 11) is 2.28. The number of rotatable bonds is 8. The second-order valence-electron chi connectivity index (χ2n) is 4.64. The number of nitrogens with one attached hydrogen (secondary N) is 1. The third-order valence-corrected chi connectivity index (χ3v) is 3.22. The van der Waals surface area contributed by atoms with E-state index in [-0.39, 0.29) is 0 Å². The first-order valence-corrected chi connectivity index (χ1v) is 6.18. The highest BCUT2D eigenvalue weighted by atomic mass is 15.2. The average Bonchev–Trinajstić information content (AvgIpc) is 2.99. The van der Waals surface area contributed by atoms with E-state index >= 15 is 0 Å². The van der Waals surface area contributed by atoms with Gasteiger partial charge in [0.2, 0.25) is 0 Å². The van der Waals surface area contributed by atoms with Crippen molar-refractivity contribution >= 4 is 0 Å². The summed E-state index contributed by atoms with van der Waals surface area (Å²) in [6.07, 6.45) is 6.75. The molecule has 1 aliphatic rings. The van der Waals surface area contributed by atoms with E-state index in [0.29, 0.717) is 0 Å². The lowest BCUT2D eigenvalue weighted by molar-refractivity contribution is 0.233. The second kappa shape index (κ2) is 6.41. The Balaban J connectivity index is 1.94. The first kappa shape index (κ1) is 12.0. The summed E-state index contributed by atoms with van der Waals surface area (Å²) < 4.78 is 0. The van der Waals surface area contributed by atoms with Crippen molar-refractivity contribution in [2.45, 2.75) is 58.0 Å². The van der Waals surface area contributed by atoms with Crippen LogP contribution in [0.25, 0.3) is 0 Å². The summed E-state index contributed by atoms with van der Waals surface area (Å²) in [6, 6.07) is 1.68. The van der Waals surface area contributed by atoms with Gasteiger partial charge in [-0.3, -0.25) is 0 Å².